The third-order valence-electron chi connectivity index (χ3n) is 6.57. The van der Waals surface area contributed by atoms with E-state index in [2.05, 4.69) is 15.0 Å². The molecule has 3 aromatic rings. The average Bonchev–Trinajstić information content (AvgIpc) is 3.36. The van der Waals surface area contributed by atoms with E-state index in [4.69, 9.17) is 4.52 Å². The Morgan fingerprint density at radius 2 is 1.97 bits per heavy atom. The number of aliphatic hydroxyl groups excluding tert-OH is 1. The summed E-state index contributed by atoms with van der Waals surface area (Å²) in [4.78, 5) is 4.53. The molecule has 1 fully saturated rings. The quantitative estimate of drug-likeness (QED) is 0.692. The Kier molecular flexibility index (Phi) is 5.26. The van der Waals surface area contributed by atoms with Crippen LogP contribution in [0.1, 0.15) is 35.6 Å². The molecule has 1 atom stereocenters. The fourth-order valence-electron chi connectivity index (χ4n) is 4.93. The molecule has 5 nitrogen and oxygen atoms in total. The van der Waals surface area contributed by atoms with Crippen molar-refractivity contribution in [1.82, 2.24) is 15.0 Å². The van der Waals surface area contributed by atoms with Crippen LogP contribution < -0.4 is 0 Å². The molecule has 0 spiro atoms. The summed E-state index contributed by atoms with van der Waals surface area (Å²) in [6, 6.07) is 9.82. The Labute approximate surface area is 173 Å². The first-order valence-electron chi connectivity index (χ1n) is 10.5. The van der Waals surface area contributed by atoms with Crippen LogP contribution in [0, 0.1) is 11.6 Å². The van der Waals surface area contributed by atoms with Crippen LogP contribution in [0.25, 0.3) is 11.0 Å². The van der Waals surface area contributed by atoms with Crippen molar-refractivity contribution in [3.05, 3.63) is 64.9 Å². The third-order valence-corrected chi connectivity index (χ3v) is 6.57. The highest BCUT2D eigenvalue weighted by molar-refractivity contribution is 5.79. The van der Waals surface area contributed by atoms with Gasteiger partial charge in [-0.15, -0.1) is 0 Å². The van der Waals surface area contributed by atoms with E-state index < -0.39 is 0 Å². The van der Waals surface area contributed by atoms with E-state index in [0.717, 1.165) is 54.7 Å². The number of piperidine rings is 1. The minimum Gasteiger partial charge on any atom is -0.395 e. The maximum atomic E-state index is 14.0. The number of likely N-dealkylation sites (tertiary alicyclic amines) is 1. The zero-order valence-electron chi connectivity index (χ0n) is 16.7. The van der Waals surface area contributed by atoms with Crippen molar-refractivity contribution < 1.29 is 18.4 Å². The second kappa shape index (κ2) is 8.06. The molecule has 5 rings (SSSR count). The molecule has 0 unspecified atom stereocenters. The van der Waals surface area contributed by atoms with Gasteiger partial charge in [0.2, 0.25) is 0 Å². The van der Waals surface area contributed by atoms with Crippen LogP contribution in [-0.4, -0.2) is 52.3 Å². The summed E-state index contributed by atoms with van der Waals surface area (Å²) < 4.78 is 32.8. The molecule has 2 aliphatic rings. The molecule has 0 radical (unpaired) electrons. The first-order valence-corrected chi connectivity index (χ1v) is 10.5. The van der Waals surface area contributed by atoms with Gasteiger partial charge < -0.3 is 9.63 Å². The first kappa shape index (κ1) is 19.6. The molecule has 7 heteroatoms. The van der Waals surface area contributed by atoms with Crippen molar-refractivity contribution >= 4 is 11.0 Å². The Bertz CT molecular complexity index is 1050. The smallest absolute Gasteiger partial charge is 0.170 e. The molecule has 1 saturated heterocycles. The van der Waals surface area contributed by atoms with Crippen LogP contribution in [0.5, 0.6) is 0 Å². The SMILES string of the molecule is OC[C@H](CN1Cc2cccc(F)c2C1)N1CCC(c2noc3cc(F)ccc23)CC1. The van der Waals surface area contributed by atoms with Gasteiger partial charge in [-0.1, -0.05) is 17.3 Å². The lowest BCUT2D eigenvalue weighted by Gasteiger charge is -2.38. The highest BCUT2D eigenvalue weighted by Gasteiger charge is 2.31. The summed E-state index contributed by atoms with van der Waals surface area (Å²) in [5.41, 5.74) is 3.21. The fraction of sp³-hybridized carbons (Fsp3) is 0.435. The number of benzene rings is 2. The summed E-state index contributed by atoms with van der Waals surface area (Å²) in [5.74, 6) is -0.205. The number of fused-ring (bicyclic) bond motifs is 2. The number of aliphatic hydroxyl groups is 1. The van der Waals surface area contributed by atoms with Gasteiger partial charge in [0.25, 0.3) is 0 Å². The average molecular weight is 413 g/mol. The molecule has 158 valence electrons. The molecule has 1 N–H and O–H groups in total. The Balaban J connectivity index is 1.22. The van der Waals surface area contributed by atoms with Crippen LogP contribution >= 0.6 is 0 Å². The Morgan fingerprint density at radius 1 is 1.13 bits per heavy atom. The molecular formula is C23H25F2N3O2. The van der Waals surface area contributed by atoms with E-state index in [1.807, 2.05) is 6.07 Å². The van der Waals surface area contributed by atoms with Crippen LogP contribution in [0.2, 0.25) is 0 Å². The van der Waals surface area contributed by atoms with Crippen LogP contribution in [0.15, 0.2) is 40.9 Å². The molecule has 0 bridgehead atoms. The molecule has 0 saturated carbocycles. The minimum atomic E-state index is -0.324. The minimum absolute atomic E-state index is 0.0199. The predicted molar refractivity (Wildman–Crippen MR) is 109 cm³/mol. The molecule has 1 aromatic heterocycles. The van der Waals surface area contributed by atoms with Gasteiger partial charge in [-0.05, 0) is 49.7 Å². The van der Waals surface area contributed by atoms with Crippen molar-refractivity contribution in [2.75, 3.05) is 26.2 Å². The highest BCUT2D eigenvalue weighted by Crippen LogP contribution is 2.33. The second-order valence-electron chi connectivity index (χ2n) is 8.40. The molecule has 2 aromatic carbocycles. The highest BCUT2D eigenvalue weighted by atomic mass is 19.1. The number of hydrogen-bond acceptors (Lipinski definition) is 5. The van der Waals surface area contributed by atoms with E-state index in [9.17, 15) is 13.9 Å². The fourth-order valence-corrected chi connectivity index (χ4v) is 4.93. The van der Waals surface area contributed by atoms with Crippen LogP contribution in [0.3, 0.4) is 0 Å². The van der Waals surface area contributed by atoms with Gasteiger partial charge in [0.1, 0.15) is 11.6 Å². The van der Waals surface area contributed by atoms with Gasteiger partial charge in [-0.2, -0.15) is 0 Å². The maximum Gasteiger partial charge on any atom is 0.170 e. The summed E-state index contributed by atoms with van der Waals surface area (Å²) >= 11 is 0. The monoisotopic (exact) mass is 413 g/mol. The van der Waals surface area contributed by atoms with E-state index in [-0.39, 0.29) is 30.2 Å². The third kappa shape index (κ3) is 3.62. The lowest BCUT2D eigenvalue weighted by atomic mass is 9.91. The summed E-state index contributed by atoms with van der Waals surface area (Å²) in [7, 11) is 0. The number of nitrogens with zero attached hydrogens (tertiary/aromatic N) is 3. The number of rotatable bonds is 5. The van der Waals surface area contributed by atoms with E-state index in [1.165, 1.54) is 18.2 Å². The second-order valence-corrected chi connectivity index (χ2v) is 8.40. The largest absolute Gasteiger partial charge is 0.395 e. The van der Waals surface area contributed by atoms with Crippen molar-refractivity contribution in [3.63, 3.8) is 0 Å². The Morgan fingerprint density at radius 3 is 2.73 bits per heavy atom. The van der Waals surface area contributed by atoms with Gasteiger partial charge in [0, 0.05) is 48.6 Å². The maximum absolute atomic E-state index is 14.0. The lowest BCUT2D eigenvalue weighted by Crippen LogP contribution is -2.48. The van der Waals surface area contributed by atoms with Gasteiger partial charge in [-0.25, -0.2) is 8.78 Å². The van der Waals surface area contributed by atoms with Crippen molar-refractivity contribution in [2.24, 2.45) is 0 Å². The Hall–Kier alpha value is -2.35. The summed E-state index contributed by atoms with van der Waals surface area (Å²) in [6.45, 7) is 3.80. The lowest BCUT2D eigenvalue weighted by molar-refractivity contribution is 0.0671. The normalized spacial score (nSPS) is 19.4. The van der Waals surface area contributed by atoms with Crippen molar-refractivity contribution in [2.45, 2.75) is 37.9 Å². The molecule has 3 heterocycles. The summed E-state index contributed by atoms with van der Waals surface area (Å²) in [5, 5.41) is 15.1. The molecule has 2 aliphatic heterocycles. The zero-order chi connectivity index (χ0) is 20.7. The molecule has 0 aliphatic carbocycles. The van der Waals surface area contributed by atoms with Crippen LogP contribution in [-0.2, 0) is 13.1 Å². The number of aromatic nitrogens is 1. The topological polar surface area (TPSA) is 52.7 Å². The van der Waals surface area contributed by atoms with Crippen molar-refractivity contribution in [3.8, 4) is 0 Å². The molecule has 30 heavy (non-hydrogen) atoms. The van der Waals surface area contributed by atoms with E-state index in [0.29, 0.717) is 18.7 Å². The van der Waals surface area contributed by atoms with E-state index >= 15 is 0 Å². The number of hydrogen-bond donors (Lipinski definition) is 1. The molecular weight excluding hydrogens is 388 g/mol. The standard InChI is InChI=1S/C23H25F2N3O2/c24-17-4-5-19-22(10-17)30-26-23(19)15-6-8-28(9-7-15)18(14-29)12-27-11-16-2-1-3-21(25)20(16)13-27/h1-5,10,15,18,29H,6-9,11-14H2/t18-/m0/s1. The van der Waals surface area contributed by atoms with Crippen LogP contribution in [0.4, 0.5) is 8.78 Å². The van der Waals surface area contributed by atoms with Gasteiger partial charge in [-0.3, -0.25) is 9.80 Å². The summed E-state index contributed by atoms with van der Waals surface area (Å²) in [6.07, 6.45) is 1.81. The molecule has 0 amide bonds. The van der Waals surface area contributed by atoms with E-state index in [1.54, 1.807) is 12.1 Å². The van der Waals surface area contributed by atoms with Crippen molar-refractivity contribution in [1.29, 1.82) is 0 Å². The predicted octanol–water partition coefficient (Wildman–Crippen LogP) is 3.66. The first-order chi connectivity index (χ1) is 14.6. The zero-order valence-corrected chi connectivity index (χ0v) is 16.7. The van der Waals surface area contributed by atoms with Gasteiger partial charge in [0.15, 0.2) is 5.58 Å². The number of halogens is 2. The van der Waals surface area contributed by atoms with Gasteiger partial charge in [0.05, 0.1) is 12.3 Å². The van der Waals surface area contributed by atoms with Gasteiger partial charge >= 0.3 is 0 Å².